The number of aromatic nitrogens is 3. The highest BCUT2D eigenvalue weighted by atomic mass is 16.7. The molecule has 0 saturated carbocycles. The van der Waals surface area contributed by atoms with Crippen LogP contribution in [0, 0.1) is 0 Å². The number of fused-ring (bicyclic) bond motifs is 1. The largest absolute Gasteiger partial charge is 0.505 e. The number of benzene rings is 2. The van der Waals surface area contributed by atoms with Crippen molar-refractivity contribution in [1.82, 2.24) is 15.0 Å². The number of aromatic hydroxyl groups is 1. The molecule has 0 aliphatic heterocycles. The van der Waals surface area contributed by atoms with E-state index in [1.54, 1.807) is 19.1 Å². The summed E-state index contributed by atoms with van der Waals surface area (Å²) in [7, 11) is 0. The molecule has 3 rings (SSSR count). The minimum atomic E-state index is -0.833. The zero-order chi connectivity index (χ0) is 20.5. The van der Waals surface area contributed by atoms with Crippen LogP contribution >= 0.6 is 0 Å². The number of ether oxygens (including phenoxy) is 2. The smallest absolute Gasteiger partial charge is 0.333 e. The van der Waals surface area contributed by atoms with Gasteiger partial charge in [0.25, 0.3) is 0 Å². The maximum absolute atomic E-state index is 11.4. The zero-order valence-electron chi connectivity index (χ0n) is 16.3. The molecule has 7 nitrogen and oxygen atoms in total. The summed E-state index contributed by atoms with van der Waals surface area (Å²) >= 11 is 0. The van der Waals surface area contributed by atoms with Gasteiger partial charge >= 0.3 is 5.97 Å². The van der Waals surface area contributed by atoms with Crippen molar-refractivity contribution in [2.24, 2.45) is 0 Å². The van der Waals surface area contributed by atoms with Crippen LogP contribution in [0.4, 0.5) is 0 Å². The van der Waals surface area contributed by atoms with Gasteiger partial charge in [0, 0.05) is 24.6 Å². The first kappa shape index (κ1) is 19.4. The van der Waals surface area contributed by atoms with Gasteiger partial charge in [-0.3, -0.25) is 0 Å². The third-order valence-corrected chi connectivity index (χ3v) is 4.12. The number of carbonyl (C=O) groups is 1. The molecule has 0 aliphatic rings. The van der Waals surface area contributed by atoms with E-state index >= 15 is 0 Å². The molecule has 0 fully saturated rings. The Hall–Kier alpha value is -3.35. The van der Waals surface area contributed by atoms with E-state index in [1.807, 2.05) is 45.0 Å². The quantitative estimate of drug-likeness (QED) is 0.410. The molecule has 146 valence electrons. The van der Waals surface area contributed by atoms with Crippen molar-refractivity contribution in [1.29, 1.82) is 0 Å². The molecule has 0 saturated heterocycles. The van der Waals surface area contributed by atoms with Crippen molar-refractivity contribution in [3.05, 3.63) is 54.6 Å². The number of rotatable bonds is 5. The lowest BCUT2D eigenvalue weighted by Crippen LogP contribution is -2.20. The fourth-order valence-electron chi connectivity index (χ4n) is 2.78. The molecule has 0 aliphatic carbocycles. The summed E-state index contributed by atoms with van der Waals surface area (Å²) in [6.45, 7) is 10.9. The van der Waals surface area contributed by atoms with E-state index in [4.69, 9.17) is 9.47 Å². The number of nitrogens with zero attached hydrogens (tertiary/aromatic N) is 3. The number of esters is 1. The Morgan fingerprint density at radius 2 is 1.82 bits per heavy atom. The second kappa shape index (κ2) is 7.34. The highest BCUT2D eigenvalue weighted by molar-refractivity contribution is 5.81. The molecule has 0 radical (unpaired) electrons. The van der Waals surface area contributed by atoms with E-state index in [0.717, 1.165) is 6.08 Å². The van der Waals surface area contributed by atoms with Crippen LogP contribution in [0.25, 0.3) is 16.7 Å². The van der Waals surface area contributed by atoms with Crippen LogP contribution in [-0.2, 0) is 14.9 Å². The van der Waals surface area contributed by atoms with E-state index < -0.39 is 12.3 Å². The lowest BCUT2D eigenvalue weighted by Gasteiger charge is -2.24. The van der Waals surface area contributed by atoms with Crippen molar-refractivity contribution in [3.63, 3.8) is 0 Å². The van der Waals surface area contributed by atoms with Gasteiger partial charge in [0.15, 0.2) is 0 Å². The monoisotopic (exact) mass is 381 g/mol. The molecule has 1 aromatic heterocycles. The predicted molar refractivity (Wildman–Crippen MR) is 106 cm³/mol. The minimum Gasteiger partial charge on any atom is -0.505 e. The molecule has 7 heteroatoms. The third-order valence-electron chi connectivity index (χ3n) is 4.12. The summed E-state index contributed by atoms with van der Waals surface area (Å²) < 4.78 is 10.8. The Bertz CT molecular complexity index is 1000. The SMILES string of the molecule is C=CC(=O)OC(C)Oc1cc(-n2nc3ccccc3n2)c(O)c(C(C)(C)C)c1. The number of hydrogen-bond donors (Lipinski definition) is 1. The van der Waals surface area contributed by atoms with Gasteiger partial charge < -0.3 is 14.6 Å². The molecular weight excluding hydrogens is 358 g/mol. The topological polar surface area (TPSA) is 86.5 Å². The second-order valence-electron chi connectivity index (χ2n) is 7.39. The molecule has 0 bridgehead atoms. The van der Waals surface area contributed by atoms with E-state index in [9.17, 15) is 9.90 Å². The van der Waals surface area contributed by atoms with Crippen molar-refractivity contribution in [2.45, 2.75) is 39.4 Å². The predicted octanol–water partition coefficient (Wildman–Crippen LogP) is 3.88. The molecule has 2 aromatic carbocycles. The van der Waals surface area contributed by atoms with Crippen molar-refractivity contribution in [2.75, 3.05) is 0 Å². The van der Waals surface area contributed by atoms with Gasteiger partial charge in [-0.15, -0.1) is 15.0 Å². The molecule has 1 N–H and O–H groups in total. The summed E-state index contributed by atoms with van der Waals surface area (Å²) in [6.07, 6.45) is 0.238. The Kier molecular flexibility index (Phi) is 5.09. The van der Waals surface area contributed by atoms with Gasteiger partial charge in [0.05, 0.1) is 0 Å². The van der Waals surface area contributed by atoms with E-state index in [-0.39, 0.29) is 11.2 Å². The number of phenolic OH excluding ortho intramolecular Hbond substituents is 1. The summed E-state index contributed by atoms with van der Waals surface area (Å²) in [5.41, 5.74) is 2.08. The minimum absolute atomic E-state index is 0.0656. The molecular formula is C21H23N3O4. The van der Waals surface area contributed by atoms with Gasteiger partial charge in [0.1, 0.15) is 28.2 Å². The van der Waals surface area contributed by atoms with E-state index in [0.29, 0.717) is 28.0 Å². The Morgan fingerprint density at radius 1 is 1.21 bits per heavy atom. The summed E-state index contributed by atoms with van der Waals surface area (Å²) in [5.74, 6) is -0.0955. The van der Waals surface area contributed by atoms with E-state index in [2.05, 4.69) is 16.8 Å². The molecule has 0 amide bonds. The highest BCUT2D eigenvalue weighted by Gasteiger charge is 2.24. The van der Waals surface area contributed by atoms with Crippen LogP contribution in [0.5, 0.6) is 11.5 Å². The fraction of sp³-hybridized carbons (Fsp3) is 0.286. The Balaban J connectivity index is 2.08. The average Bonchev–Trinajstić information content (AvgIpc) is 3.05. The van der Waals surface area contributed by atoms with Gasteiger partial charge in [-0.2, -0.15) is 0 Å². The van der Waals surface area contributed by atoms with Gasteiger partial charge in [-0.1, -0.05) is 39.5 Å². The molecule has 1 atom stereocenters. The average molecular weight is 381 g/mol. The highest BCUT2D eigenvalue weighted by Crippen LogP contribution is 2.38. The van der Waals surface area contributed by atoms with Crippen molar-refractivity contribution >= 4 is 17.0 Å². The van der Waals surface area contributed by atoms with Crippen LogP contribution in [0.1, 0.15) is 33.3 Å². The van der Waals surface area contributed by atoms with Crippen LogP contribution in [0.15, 0.2) is 49.1 Å². The maximum atomic E-state index is 11.4. The van der Waals surface area contributed by atoms with Gasteiger partial charge in [0.2, 0.25) is 6.29 Å². The normalized spacial score (nSPS) is 12.6. The summed E-state index contributed by atoms with van der Waals surface area (Å²) in [4.78, 5) is 12.8. The van der Waals surface area contributed by atoms with E-state index in [1.165, 1.54) is 4.80 Å². The van der Waals surface area contributed by atoms with Crippen molar-refractivity contribution < 1.29 is 19.4 Å². The van der Waals surface area contributed by atoms with Crippen LogP contribution in [-0.4, -0.2) is 32.4 Å². The first-order chi connectivity index (χ1) is 13.2. The Labute approximate surface area is 163 Å². The first-order valence-electron chi connectivity index (χ1n) is 8.88. The zero-order valence-corrected chi connectivity index (χ0v) is 16.3. The lowest BCUT2D eigenvalue weighted by atomic mass is 9.86. The van der Waals surface area contributed by atoms with Gasteiger partial charge in [-0.05, 0) is 23.6 Å². The standard InChI is InChI=1S/C21H23N3O4/c1-6-19(25)28-13(2)27-14-11-15(21(3,4)5)20(26)18(12-14)24-22-16-9-7-8-10-17(16)23-24/h6-13,26H,1H2,2-5H3. The number of phenols is 1. The number of hydrogen-bond acceptors (Lipinski definition) is 6. The molecule has 28 heavy (non-hydrogen) atoms. The summed E-state index contributed by atoms with van der Waals surface area (Å²) in [6, 6.07) is 10.8. The van der Waals surface area contributed by atoms with Crippen LogP contribution in [0.3, 0.4) is 0 Å². The van der Waals surface area contributed by atoms with Crippen LogP contribution < -0.4 is 4.74 Å². The maximum Gasteiger partial charge on any atom is 0.333 e. The lowest BCUT2D eigenvalue weighted by molar-refractivity contribution is -0.154. The van der Waals surface area contributed by atoms with Crippen LogP contribution in [0.2, 0.25) is 0 Å². The Morgan fingerprint density at radius 3 is 2.36 bits per heavy atom. The number of carbonyl (C=O) groups excluding carboxylic acids is 1. The van der Waals surface area contributed by atoms with Crippen molar-refractivity contribution in [3.8, 4) is 17.2 Å². The molecule has 3 aromatic rings. The summed E-state index contributed by atoms with van der Waals surface area (Å²) in [5, 5.41) is 19.8. The molecule has 1 unspecified atom stereocenters. The molecule has 1 heterocycles. The third kappa shape index (κ3) is 3.98. The first-order valence-corrected chi connectivity index (χ1v) is 8.88. The fourth-order valence-corrected chi connectivity index (χ4v) is 2.78. The van der Waals surface area contributed by atoms with Gasteiger partial charge in [-0.25, -0.2) is 4.79 Å². The second-order valence-corrected chi connectivity index (χ2v) is 7.39. The molecule has 0 spiro atoms.